The normalized spacial score (nSPS) is 10.8. The van der Waals surface area contributed by atoms with Gasteiger partial charge in [-0.2, -0.15) is 18.2 Å². The quantitative estimate of drug-likeness (QED) is 0.591. The molecule has 0 amide bonds. The average molecular weight is 350 g/mol. The van der Waals surface area contributed by atoms with Crippen molar-refractivity contribution in [2.45, 2.75) is 26.9 Å². The lowest BCUT2D eigenvalue weighted by Gasteiger charge is -2.09. The SMILES string of the molecule is CC.Cc1nc(-c2ccc(Oc3ccc(C(F)(F)F)cc3)cc2)no1. The molecule has 0 radical (unpaired) electrons. The summed E-state index contributed by atoms with van der Waals surface area (Å²) < 4.78 is 47.9. The maximum Gasteiger partial charge on any atom is 0.416 e. The Bertz CT molecular complexity index is 794. The third kappa shape index (κ3) is 4.82. The second kappa shape index (κ2) is 7.83. The van der Waals surface area contributed by atoms with Crippen LogP contribution in [0, 0.1) is 6.92 Å². The van der Waals surface area contributed by atoms with Crippen molar-refractivity contribution < 1.29 is 22.4 Å². The largest absolute Gasteiger partial charge is 0.457 e. The van der Waals surface area contributed by atoms with Crippen LogP contribution in [0.1, 0.15) is 25.3 Å². The molecule has 0 aliphatic carbocycles. The topological polar surface area (TPSA) is 48.2 Å². The minimum atomic E-state index is -4.36. The Morgan fingerprint density at radius 1 is 0.880 bits per heavy atom. The van der Waals surface area contributed by atoms with Crippen LogP contribution in [0.25, 0.3) is 11.4 Å². The van der Waals surface area contributed by atoms with E-state index in [1.807, 2.05) is 13.8 Å². The van der Waals surface area contributed by atoms with Gasteiger partial charge >= 0.3 is 6.18 Å². The van der Waals surface area contributed by atoms with Crippen LogP contribution in [0.3, 0.4) is 0 Å². The van der Waals surface area contributed by atoms with Gasteiger partial charge in [0.2, 0.25) is 11.7 Å². The number of ether oxygens (including phenoxy) is 1. The zero-order valence-electron chi connectivity index (χ0n) is 14.0. The molecule has 1 aromatic heterocycles. The molecule has 0 bridgehead atoms. The molecule has 4 nitrogen and oxygen atoms in total. The third-order valence-electron chi connectivity index (χ3n) is 3.06. The zero-order chi connectivity index (χ0) is 18.4. The monoisotopic (exact) mass is 350 g/mol. The summed E-state index contributed by atoms with van der Waals surface area (Å²) in [6.45, 7) is 5.69. The fourth-order valence-corrected chi connectivity index (χ4v) is 1.94. The summed E-state index contributed by atoms with van der Waals surface area (Å²) in [5.41, 5.74) is 0.0364. The standard InChI is InChI=1S/C16H11F3N2O2.C2H6/c1-10-20-15(21-23-10)11-2-6-13(7-3-11)22-14-8-4-12(5-9-14)16(17,18)19;1-2/h2-9H,1H3;1-2H3. The Kier molecular flexibility index (Phi) is 5.80. The van der Waals surface area contributed by atoms with Gasteiger partial charge in [0.25, 0.3) is 0 Å². The number of aryl methyl sites for hydroxylation is 1. The zero-order valence-corrected chi connectivity index (χ0v) is 14.0. The van der Waals surface area contributed by atoms with Crippen LogP contribution in [0.4, 0.5) is 13.2 Å². The smallest absolute Gasteiger partial charge is 0.416 e. The lowest BCUT2D eigenvalue weighted by molar-refractivity contribution is -0.137. The molecule has 1 heterocycles. The molecule has 2 aromatic carbocycles. The first kappa shape index (κ1) is 18.5. The molecule has 0 fully saturated rings. The lowest BCUT2D eigenvalue weighted by Crippen LogP contribution is -2.03. The summed E-state index contributed by atoms with van der Waals surface area (Å²) in [5, 5.41) is 3.80. The van der Waals surface area contributed by atoms with Crippen molar-refractivity contribution in [3.8, 4) is 22.9 Å². The summed E-state index contributed by atoms with van der Waals surface area (Å²) in [4.78, 5) is 4.10. The minimum absolute atomic E-state index is 0.321. The maximum absolute atomic E-state index is 12.5. The molecule has 0 unspecified atom stereocenters. The molecule has 3 aromatic rings. The van der Waals surface area contributed by atoms with Gasteiger partial charge in [0.15, 0.2) is 0 Å². The number of hydrogen-bond acceptors (Lipinski definition) is 4. The van der Waals surface area contributed by atoms with Crippen LogP contribution >= 0.6 is 0 Å². The Labute approximate surface area is 143 Å². The second-order valence-corrected chi connectivity index (χ2v) is 4.79. The predicted octanol–water partition coefficient (Wildman–Crippen LogP) is 5.88. The van der Waals surface area contributed by atoms with Crippen molar-refractivity contribution in [2.24, 2.45) is 0 Å². The second-order valence-electron chi connectivity index (χ2n) is 4.79. The van der Waals surface area contributed by atoms with Crippen molar-refractivity contribution >= 4 is 0 Å². The fraction of sp³-hybridized carbons (Fsp3) is 0.222. The van der Waals surface area contributed by atoms with Gasteiger partial charge in [-0.15, -0.1) is 0 Å². The van der Waals surface area contributed by atoms with Crippen LogP contribution < -0.4 is 4.74 Å². The highest BCUT2D eigenvalue weighted by Gasteiger charge is 2.30. The first-order valence-corrected chi connectivity index (χ1v) is 7.68. The van der Waals surface area contributed by atoms with Crippen LogP contribution in [-0.4, -0.2) is 10.1 Å². The predicted molar refractivity (Wildman–Crippen MR) is 87.3 cm³/mol. The van der Waals surface area contributed by atoms with Gasteiger partial charge in [0, 0.05) is 12.5 Å². The van der Waals surface area contributed by atoms with Crippen LogP contribution in [-0.2, 0) is 6.18 Å². The molecule has 132 valence electrons. The highest BCUT2D eigenvalue weighted by Crippen LogP contribution is 2.31. The van der Waals surface area contributed by atoms with Gasteiger partial charge < -0.3 is 9.26 Å². The van der Waals surface area contributed by atoms with Crippen molar-refractivity contribution in [3.63, 3.8) is 0 Å². The number of aromatic nitrogens is 2. The highest BCUT2D eigenvalue weighted by molar-refractivity contribution is 5.55. The van der Waals surface area contributed by atoms with Gasteiger partial charge in [0.1, 0.15) is 11.5 Å². The average Bonchev–Trinajstić information content (AvgIpc) is 3.03. The summed E-state index contributed by atoms with van der Waals surface area (Å²) in [7, 11) is 0. The van der Waals surface area contributed by atoms with E-state index in [0.717, 1.165) is 17.7 Å². The van der Waals surface area contributed by atoms with Crippen molar-refractivity contribution in [1.82, 2.24) is 10.1 Å². The Morgan fingerprint density at radius 2 is 1.40 bits per heavy atom. The van der Waals surface area contributed by atoms with E-state index < -0.39 is 11.7 Å². The van der Waals surface area contributed by atoms with Crippen LogP contribution in [0.15, 0.2) is 53.1 Å². The molecule has 0 atom stereocenters. The van der Waals surface area contributed by atoms with Gasteiger partial charge in [-0.3, -0.25) is 0 Å². The third-order valence-corrected chi connectivity index (χ3v) is 3.06. The van der Waals surface area contributed by atoms with Crippen LogP contribution in [0.2, 0.25) is 0 Å². The summed E-state index contributed by atoms with van der Waals surface area (Å²) >= 11 is 0. The molecular formula is C18H17F3N2O2. The van der Waals surface area contributed by atoms with Gasteiger partial charge in [-0.25, -0.2) is 0 Å². The molecule has 0 aliphatic heterocycles. The number of rotatable bonds is 3. The van der Waals surface area contributed by atoms with Crippen molar-refractivity contribution in [2.75, 3.05) is 0 Å². The van der Waals surface area contributed by atoms with E-state index in [9.17, 15) is 13.2 Å². The molecular weight excluding hydrogens is 333 g/mol. The van der Waals surface area contributed by atoms with Crippen molar-refractivity contribution in [3.05, 3.63) is 60.0 Å². The Hall–Kier alpha value is -2.83. The molecule has 0 spiro atoms. The van der Waals surface area contributed by atoms with E-state index in [0.29, 0.717) is 23.2 Å². The van der Waals surface area contributed by atoms with Gasteiger partial charge in [-0.05, 0) is 48.5 Å². The van der Waals surface area contributed by atoms with E-state index in [1.165, 1.54) is 12.1 Å². The number of nitrogens with zero attached hydrogens (tertiary/aromatic N) is 2. The molecule has 0 saturated heterocycles. The Balaban J connectivity index is 0.00000109. The maximum atomic E-state index is 12.5. The van der Waals surface area contributed by atoms with Crippen molar-refractivity contribution in [1.29, 1.82) is 0 Å². The fourth-order valence-electron chi connectivity index (χ4n) is 1.94. The van der Waals surface area contributed by atoms with E-state index in [1.54, 1.807) is 31.2 Å². The number of benzene rings is 2. The van der Waals surface area contributed by atoms with E-state index in [4.69, 9.17) is 9.26 Å². The van der Waals surface area contributed by atoms with E-state index in [-0.39, 0.29) is 0 Å². The number of halogens is 3. The van der Waals surface area contributed by atoms with E-state index in [2.05, 4.69) is 10.1 Å². The van der Waals surface area contributed by atoms with E-state index >= 15 is 0 Å². The van der Waals surface area contributed by atoms with Gasteiger partial charge in [0.05, 0.1) is 5.56 Å². The summed E-state index contributed by atoms with van der Waals surface area (Å²) in [6.07, 6.45) is -4.36. The summed E-state index contributed by atoms with van der Waals surface area (Å²) in [5.74, 6) is 1.74. The summed E-state index contributed by atoms with van der Waals surface area (Å²) in [6, 6.07) is 11.3. The Morgan fingerprint density at radius 3 is 1.84 bits per heavy atom. The first-order chi connectivity index (χ1) is 11.9. The number of hydrogen-bond donors (Lipinski definition) is 0. The molecule has 0 saturated carbocycles. The number of alkyl halides is 3. The minimum Gasteiger partial charge on any atom is -0.457 e. The molecule has 7 heteroatoms. The highest BCUT2D eigenvalue weighted by atomic mass is 19.4. The molecule has 3 rings (SSSR count). The first-order valence-electron chi connectivity index (χ1n) is 7.68. The molecule has 25 heavy (non-hydrogen) atoms. The molecule has 0 N–H and O–H groups in total. The lowest BCUT2D eigenvalue weighted by atomic mass is 10.2. The van der Waals surface area contributed by atoms with Crippen LogP contribution in [0.5, 0.6) is 11.5 Å². The molecule has 0 aliphatic rings. The van der Waals surface area contributed by atoms with Gasteiger partial charge in [-0.1, -0.05) is 19.0 Å².